The van der Waals surface area contributed by atoms with Crippen molar-refractivity contribution in [2.45, 2.75) is 104 Å². The molecule has 0 saturated heterocycles. The van der Waals surface area contributed by atoms with E-state index >= 15 is 0 Å². The molecule has 0 amide bonds. The molecule has 0 radical (unpaired) electrons. The maximum Gasteiger partial charge on any atom is 0.128 e. The third kappa shape index (κ3) is 8.24. The lowest BCUT2D eigenvalue weighted by atomic mass is 9.75. The fourth-order valence-corrected chi connectivity index (χ4v) is 2.68. The summed E-state index contributed by atoms with van der Waals surface area (Å²) in [5, 5.41) is 0. The average molecular weight is 288 g/mol. The molecule has 0 bridgehead atoms. The first-order chi connectivity index (χ1) is 9.37. The van der Waals surface area contributed by atoms with Crippen LogP contribution in [0.3, 0.4) is 0 Å². The molecule has 0 saturated carbocycles. The van der Waals surface area contributed by atoms with Crippen molar-refractivity contribution in [1.29, 1.82) is 0 Å². The van der Waals surface area contributed by atoms with Crippen LogP contribution in [-0.4, -0.2) is 12.2 Å². The first kappa shape index (κ1) is 19.9. The van der Waals surface area contributed by atoms with E-state index in [4.69, 9.17) is 5.73 Å². The minimum atomic E-state index is -1.20. The van der Waals surface area contributed by atoms with Gasteiger partial charge < -0.3 is 5.73 Å². The number of hydrogen-bond donors (Lipinski definition) is 1. The summed E-state index contributed by atoms with van der Waals surface area (Å²) in [6.07, 6.45) is 13.5. The normalized spacial score (nSPS) is 15.3. The van der Waals surface area contributed by atoms with Gasteiger partial charge in [0.2, 0.25) is 0 Å². The number of halogens is 1. The first-order valence-electron chi connectivity index (χ1n) is 8.76. The van der Waals surface area contributed by atoms with Gasteiger partial charge in [-0.1, -0.05) is 91.9 Å². The molecule has 1 atom stereocenters. The highest BCUT2D eigenvalue weighted by atomic mass is 19.1. The molecular formula is C18H38FN. The lowest BCUT2D eigenvalue weighted by Crippen LogP contribution is -2.45. The Morgan fingerprint density at radius 3 is 1.50 bits per heavy atom. The molecule has 20 heavy (non-hydrogen) atoms. The summed E-state index contributed by atoms with van der Waals surface area (Å²) in [7, 11) is 0. The average Bonchev–Trinajstić information content (AvgIpc) is 2.39. The van der Waals surface area contributed by atoms with Crippen LogP contribution in [0.25, 0.3) is 0 Å². The Kier molecular flexibility index (Phi) is 10.5. The molecule has 0 aliphatic rings. The number of unbranched alkanes of at least 4 members (excludes halogenated alkanes) is 9. The van der Waals surface area contributed by atoms with Gasteiger partial charge in [0.1, 0.15) is 5.67 Å². The van der Waals surface area contributed by atoms with Gasteiger partial charge in [0.05, 0.1) is 0 Å². The van der Waals surface area contributed by atoms with Gasteiger partial charge in [-0.2, -0.15) is 0 Å². The van der Waals surface area contributed by atoms with Gasteiger partial charge in [-0.15, -0.1) is 0 Å². The largest absolute Gasteiger partial charge is 0.328 e. The zero-order valence-corrected chi connectivity index (χ0v) is 14.4. The molecular weight excluding hydrogens is 249 g/mol. The lowest BCUT2D eigenvalue weighted by molar-refractivity contribution is 0.0267. The predicted octanol–water partition coefficient (Wildman–Crippen LogP) is 6.01. The van der Waals surface area contributed by atoms with Crippen LogP contribution in [0.15, 0.2) is 0 Å². The smallest absolute Gasteiger partial charge is 0.128 e. The van der Waals surface area contributed by atoms with Gasteiger partial charge in [-0.25, -0.2) is 4.39 Å². The fraction of sp³-hybridized carbons (Fsp3) is 1.00. The third-order valence-corrected chi connectivity index (χ3v) is 4.59. The SMILES string of the molecule is CCCCCCCCCCCCC(F)(CN)C(C)(C)C. The van der Waals surface area contributed by atoms with Crippen LogP contribution in [0, 0.1) is 5.41 Å². The van der Waals surface area contributed by atoms with Crippen LogP contribution in [0.4, 0.5) is 4.39 Å². The van der Waals surface area contributed by atoms with E-state index in [2.05, 4.69) is 6.92 Å². The van der Waals surface area contributed by atoms with Gasteiger partial charge in [0.15, 0.2) is 0 Å². The van der Waals surface area contributed by atoms with Crippen molar-refractivity contribution in [3.05, 3.63) is 0 Å². The van der Waals surface area contributed by atoms with Crippen molar-refractivity contribution >= 4 is 0 Å². The summed E-state index contributed by atoms with van der Waals surface area (Å²) in [6.45, 7) is 8.26. The molecule has 0 heterocycles. The van der Waals surface area contributed by atoms with Gasteiger partial charge in [0.25, 0.3) is 0 Å². The van der Waals surface area contributed by atoms with Gasteiger partial charge in [-0.05, 0) is 11.8 Å². The number of nitrogens with two attached hydrogens (primary N) is 1. The van der Waals surface area contributed by atoms with E-state index in [1.165, 1.54) is 51.4 Å². The molecule has 0 spiro atoms. The van der Waals surface area contributed by atoms with E-state index in [1.807, 2.05) is 20.8 Å². The highest BCUT2D eigenvalue weighted by molar-refractivity contribution is 4.91. The van der Waals surface area contributed by atoms with Crippen molar-refractivity contribution in [2.75, 3.05) is 6.54 Å². The van der Waals surface area contributed by atoms with Gasteiger partial charge in [0, 0.05) is 6.54 Å². The number of hydrogen-bond acceptors (Lipinski definition) is 1. The second kappa shape index (κ2) is 10.6. The molecule has 0 aromatic heterocycles. The van der Waals surface area contributed by atoms with Crippen LogP contribution in [0.5, 0.6) is 0 Å². The summed E-state index contributed by atoms with van der Waals surface area (Å²) in [5.74, 6) is 0. The number of alkyl halides is 1. The maximum absolute atomic E-state index is 14.7. The van der Waals surface area contributed by atoms with Crippen molar-refractivity contribution in [3.63, 3.8) is 0 Å². The molecule has 0 fully saturated rings. The zero-order valence-electron chi connectivity index (χ0n) is 14.4. The van der Waals surface area contributed by atoms with Gasteiger partial charge >= 0.3 is 0 Å². The summed E-state index contributed by atoms with van der Waals surface area (Å²) >= 11 is 0. The molecule has 1 nitrogen and oxygen atoms in total. The number of rotatable bonds is 12. The Morgan fingerprint density at radius 1 is 0.750 bits per heavy atom. The minimum absolute atomic E-state index is 0.147. The van der Waals surface area contributed by atoms with Crippen molar-refractivity contribution in [1.82, 2.24) is 0 Å². The molecule has 0 aliphatic carbocycles. The second-order valence-corrected chi connectivity index (χ2v) is 7.35. The highest BCUT2D eigenvalue weighted by Gasteiger charge is 2.40. The van der Waals surface area contributed by atoms with Crippen LogP contribution in [0.1, 0.15) is 98.3 Å². The topological polar surface area (TPSA) is 26.0 Å². The van der Waals surface area contributed by atoms with E-state index in [-0.39, 0.29) is 12.0 Å². The van der Waals surface area contributed by atoms with Crippen molar-refractivity contribution < 1.29 is 4.39 Å². The fourth-order valence-electron chi connectivity index (χ4n) is 2.68. The molecule has 1 unspecified atom stereocenters. The van der Waals surface area contributed by atoms with E-state index in [9.17, 15) is 4.39 Å². The highest BCUT2D eigenvalue weighted by Crippen LogP contribution is 2.37. The molecule has 0 rings (SSSR count). The van der Waals surface area contributed by atoms with Crippen molar-refractivity contribution in [2.24, 2.45) is 11.1 Å². The first-order valence-corrected chi connectivity index (χ1v) is 8.76. The summed E-state index contributed by atoms with van der Waals surface area (Å²) < 4.78 is 14.7. The van der Waals surface area contributed by atoms with E-state index in [1.54, 1.807) is 0 Å². The Hall–Kier alpha value is -0.110. The Bertz CT molecular complexity index is 222. The molecule has 2 N–H and O–H groups in total. The van der Waals surface area contributed by atoms with Crippen LogP contribution in [-0.2, 0) is 0 Å². The lowest BCUT2D eigenvalue weighted by Gasteiger charge is -2.37. The minimum Gasteiger partial charge on any atom is -0.328 e. The standard InChI is InChI=1S/C18H38FN/c1-5-6-7-8-9-10-11-12-13-14-15-18(19,16-20)17(2,3)4/h5-16,20H2,1-4H3. The van der Waals surface area contributed by atoms with Crippen LogP contribution >= 0.6 is 0 Å². The summed E-state index contributed by atoms with van der Waals surface area (Å²) in [5.41, 5.74) is 4.09. The molecule has 2 heteroatoms. The molecule has 0 aromatic carbocycles. The summed E-state index contributed by atoms with van der Waals surface area (Å²) in [4.78, 5) is 0. The van der Waals surface area contributed by atoms with Crippen molar-refractivity contribution in [3.8, 4) is 0 Å². The quantitative estimate of drug-likeness (QED) is 0.437. The Balaban J connectivity index is 3.52. The van der Waals surface area contributed by atoms with E-state index < -0.39 is 5.67 Å². The monoisotopic (exact) mass is 287 g/mol. The Labute approximate surface area is 126 Å². The van der Waals surface area contributed by atoms with E-state index in [0.29, 0.717) is 6.42 Å². The molecule has 0 aliphatic heterocycles. The second-order valence-electron chi connectivity index (χ2n) is 7.35. The third-order valence-electron chi connectivity index (χ3n) is 4.59. The van der Waals surface area contributed by atoms with Crippen LogP contribution in [0.2, 0.25) is 0 Å². The van der Waals surface area contributed by atoms with E-state index in [0.717, 1.165) is 12.8 Å². The molecule has 0 aromatic rings. The van der Waals surface area contributed by atoms with Gasteiger partial charge in [-0.3, -0.25) is 0 Å². The van der Waals surface area contributed by atoms with Crippen LogP contribution < -0.4 is 5.73 Å². The Morgan fingerprint density at radius 2 is 1.15 bits per heavy atom. The molecule has 122 valence electrons. The maximum atomic E-state index is 14.7. The zero-order chi connectivity index (χ0) is 15.5. The summed E-state index contributed by atoms with van der Waals surface area (Å²) in [6, 6.07) is 0. The predicted molar refractivity (Wildman–Crippen MR) is 88.8 cm³/mol.